The van der Waals surface area contributed by atoms with Gasteiger partial charge in [0.05, 0.1) is 11.3 Å². The van der Waals surface area contributed by atoms with Gasteiger partial charge in [-0.2, -0.15) is 0 Å². The number of benzene rings is 3. The molecule has 0 spiro atoms. The summed E-state index contributed by atoms with van der Waals surface area (Å²) in [7, 11) is 0. The number of hydrogen-bond donors (Lipinski definition) is 4. The maximum atomic E-state index is 12.5. The first-order valence-corrected chi connectivity index (χ1v) is 11.3. The molecule has 0 saturated heterocycles. The summed E-state index contributed by atoms with van der Waals surface area (Å²) >= 11 is 0. The van der Waals surface area contributed by atoms with Gasteiger partial charge >= 0.3 is 12.1 Å². The van der Waals surface area contributed by atoms with Crippen molar-refractivity contribution in [2.45, 2.75) is 19.3 Å². The van der Waals surface area contributed by atoms with Crippen molar-refractivity contribution >= 4 is 23.7 Å². The number of carboxylic acid groups (broad SMARTS) is 1. The second-order valence-electron chi connectivity index (χ2n) is 8.47. The molecule has 0 fully saturated rings. The lowest BCUT2D eigenvalue weighted by Gasteiger charge is -2.16. The third kappa shape index (κ3) is 5.27. The van der Waals surface area contributed by atoms with E-state index in [1.54, 1.807) is 6.92 Å². The van der Waals surface area contributed by atoms with Gasteiger partial charge in [-0.15, -0.1) is 0 Å². The molecule has 8 nitrogen and oxygen atoms in total. The van der Waals surface area contributed by atoms with E-state index in [1.807, 2.05) is 36.4 Å². The van der Waals surface area contributed by atoms with Crippen molar-refractivity contribution < 1.29 is 29.3 Å². The van der Waals surface area contributed by atoms with E-state index in [2.05, 4.69) is 22.8 Å². The molecule has 1 unspecified atom stereocenters. The highest BCUT2D eigenvalue weighted by Crippen LogP contribution is 2.44. The highest BCUT2D eigenvalue weighted by Gasteiger charge is 2.29. The number of phenolic OH excluding ortho intramolecular Hbond substituents is 1. The van der Waals surface area contributed by atoms with Crippen molar-refractivity contribution in [1.82, 2.24) is 5.32 Å². The number of alkyl carbamates (subject to hydrolysis) is 1. The normalized spacial score (nSPS) is 12.8. The molecule has 1 aliphatic carbocycles. The average molecular weight is 475 g/mol. The van der Waals surface area contributed by atoms with Crippen molar-refractivity contribution in [2.75, 3.05) is 18.5 Å². The second kappa shape index (κ2) is 10.3. The van der Waals surface area contributed by atoms with Gasteiger partial charge in [0.25, 0.3) is 0 Å². The van der Waals surface area contributed by atoms with Crippen molar-refractivity contribution in [1.29, 1.82) is 0 Å². The first-order chi connectivity index (χ1) is 16.8. The monoisotopic (exact) mass is 474 g/mol. The third-order valence-corrected chi connectivity index (χ3v) is 6.13. The van der Waals surface area contributed by atoms with E-state index >= 15 is 0 Å². The summed E-state index contributed by atoms with van der Waals surface area (Å²) in [4.78, 5) is 36.1. The number of amides is 2. The van der Waals surface area contributed by atoms with Crippen LogP contribution in [-0.2, 0) is 9.53 Å². The molecule has 0 saturated carbocycles. The van der Waals surface area contributed by atoms with Gasteiger partial charge in [-0.05, 0) is 46.9 Å². The predicted molar refractivity (Wildman–Crippen MR) is 131 cm³/mol. The topological polar surface area (TPSA) is 125 Å². The summed E-state index contributed by atoms with van der Waals surface area (Å²) in [5.74, 6) is -2.40. The van der Waals surface area contributed by atoms with Crippen molar-refractivity contribution in [2.24, 2.45) is 5.92 Å². The number of anilines is 1. The number of carboxylic acids is 1. The summed E-state index contributed by atoms with van der Waals surface area (Å²) in [6.07, 6.45) is -0.234. The summed E-state index contributed by atoms with van der Waals surface area (Å²) in [5, 5.41) is 24.0. The Bertz CT molecular complexity index is 1230. The molecule has 0 radical (unpaired) electrons. The molecule has 4 N–H and O–H groups in total. The lowest BCUT2D eigenvalue weighted by Crippen LogP contribution is -2.30. The smallest absolute Gasteiger partial charge is 0.407 e. The molecule has 1 atom stereocenters. The number of carbonyl (C=O) groups excluding carboxylic acids is 2. The molecule has 0 bridgehead atoms. The standard InChI is InChI=1S/C27H26N2O6/c1-16(25(31)29-24-11-10-17(30)14-22(24)26(32)33)12-13-28-27(34)35-15-23-20-8-4-2-6-18(20)19-7-3-5-9-21(19)23/h2-11,14,16,23,30H,12-13,15H2,1H3,(H,28,34)(H,29,31)(H,32,33). The fourth-order valence-corrected chi connectivity index (χ4v) is 4.25. The summed E-state index contributed by atoms with van der Waals surface area (Å²) in [6.45, 7) is 2.09. The number of fused-ring (bicyclic) bond motifs is 3. The van der Waals surface area contributed by atoms with Gasteiger partial charge in [0.2, 0.25) is 5.91 Å². The molecule has 0 heterocycles. The lowest BCUT2D eigenvalue weighted by molar-refractivity contribution is -0.119. The highest BCUT2D eigenvalue weighted by atomic mass is 16.5. The van der Waals surface area contributed by atoms with E-state index in [1.165, 1.54) is 12.1 Å². The first-order valence-electron chi connectivity index (χ1n) is 11.3. The summed E-state index contributed by atoms with van der Waals surface area (Å²) in [6, 6.07) is 19.9. The van der Waals surface area contributed by atoms with E-state index in [4.69, 9.17) is 4.74 Å². The highest BCUT2D eigenvalue weighted by molar-refractivity contribution is 6.01. The van der Waals surface area contributed by atoms with Gasteiger partial charge in [-0.3, -0.25) is 4.79 Å². The molecule has 0 aliphatic heterocycles. The van der Waals surface area contributed by atoms with Gasteiger partial charge < -0.3 is 25.6 Å². The first kappa shape index (κ1) is 23.8. The fraction of sp³-hybridized carbons (Fsp3) is 0.222. The van der Waals surface area contributed by atoms with Gasteiger partial charge in [0.1, 0.15) is 12.4 Å². The van der Waals surface area contributed by atoms with Crippen LogP contribution in [0.5, 0.6) is 5.75 Å². The average Bonchev–Trinajstić information content (AvgIpc) is 3.17. The molecule has 35 heavy (non-hydrogen) atoms. The molecular weight excluding hydrogens is 448 g/mol. The molecule has 8 heteroatoms. The van der Waals surface area contributed by atoms with Crippen molar-refractivity contribution in [3.05, 3.63) is 83.4 Å². The number of phenols is 1. The van der Waals surface area contributed by atoms with E-state index in [0.29, 0.717) is 6.42 Å². The van der Waals surface area contributed by atoms with Crippen LogP contribution in [0, 0.1) is 5.92 Å². The Hall–Kier alpha value is -4.33. The van der Waals surface area contributed by atoms with Crippen LogP contribution < -0.4 is 10.6 Å². The predicted octanol–water partition coefficient (Wildman–Crippen LogP) is 4.59. The molecule has 0 aromatic heterocycles. The molecule has 3 aromatic carbocycles. The number of carbonyl (C=O) groups is 3. The van der Waals surface area contributed by atoms with Crippen LogP contribution in [-0.4, -0.2) is 41.3 Å². The van der Waals surface area contributed by atoms with Gasteiger partial charge in [-0.25, -0.2) is 9.59 Å². The van der Waals surface area contributed by atoms with Crippen LogP contribution in [0.25, 0.3) is 11.1 Å². The van der Waals surface area contributed by atoms with E-state index in [-0.39, 0.29) is 36.1 Å². The van der Waals surface area contributed by atoms with E-state index < -0.39 is 23.9 Å². The molecule has 1 aliphatic rings. The summed E-state index contributed by atoms with van der Waals surface area (Å²) < 4.78 is 5.49. The van der Waals surface area contributed by atoms with E-state index in [0.717, 1.165) is 28.3 Å². The minimum Gasteiger partial charge on any atom is -0.508 e. The zero-order valence-corrected chi connectivity index (χ0v) is 19.2. The van der Waals surface area contributed by atoms with Crippen LogP contribution in [0.3, 0.4) is 0 Å². The fourth-order valence-electron chi connectivity index (χ4n) is 4.25. The van der Waals surface area contributed by atoms with Crippen LogP contribution in [0.15, 0.2) is 66.7 Å². The molecule has 3 aromatic rings. The molecule has 4 rings (SSSR count). The second-order valence-corrected chi connectivity index (χ2v) is 8.47. The number of hydrogen-bond acceptors (Lipinski definition) is 5. The van der Waals surface area contributed by atoms with Crippen molar-refractivity contribution in [3.63, 3.8) is 0 Å². The third-order valence-electron chi connectivity index (χ3n) is 6.13. The lowest BCUT2D eigenvalue weighted by atomic mass is 9.98. The van der Waals surface area contributed by atoms with Gasteiger partial charge in [0.15, 0.2) is 0 Å². The number of rotatable bonds is 8. The minimum absolute atomic E-state index is 0.0356. The molecule has 2 amide bonds. The Kier molecular flexibility index (Phi) is 7.01. The SMILES string of the molecule is CC(CCNC(=O)OCC1c2ccccc2-c2ccccc21)C(=O)Nc1ccc(O)cc1C(=O)O. The maximum absolute atomic E-state index is 12.5. The number of aromatic carboxylic acids is 1. The Morgan fingerprint density at radius 3 is 2.23 bits per heavy atom. The van der Waals surface area contributed by atoms with Gasteiger partial charge in [0, 0.05) is 18.4 Å². The zero-order valence-electron chi connectivity index (χ0n) is 19.2. The Morgan fingerprint density at radius 1 is 0.971 bits per heavy atom. The largest absolute Gasteiger partial charge is 0.508 e. The van der Waals surface area contributed by atoms with Crippen molar-refractivity contribution in [3.8, 4) is 16.9 Å². The van der Waals surface area contributed by atoms with E-state index in [9.17, 15) is 24.6 Å². The minimum atomic E-state index is -1.26. The number of aromatic hydroxyl groups is 1. The van der Waals surface area contributed by atoms with Crippen LogP contribution in [0.4, 0.5) is 10.5 Å². The van der Waals surface area contributed by atoms with Crippen LogP contribution in [0.1, 0.15) is 40.7 Å². The zero-order chi connectivity index (χ0) is 24.9. The Balaban J connectivity index is 1.26. The van der Waals surface area contributed by atoms with Gasteiger partial charge in [-0.1, -0.05) is 55.5 Å². The van der Waals surface area contributed by atoms with Crippen LogP contribution in [0.2, 0.25) is 0 Å². The quantitative estimate of drug-likeness (QED) is 0.354. The Labute approximate surface area is 202 Å². The molecule has 180 valence electrons. The Morgan fingerprint density at radius 2 is 1.60 bits per heavy atom. The molecular formula is C27H26N2O6. The van der Waals surface area contributed by atoms with Crippen LogP contribution >= 0.6 is 0 Å². The summed E-state index contributed by atoms with van der Waals surface area (Å²) in [5.41, 5.74) is 4.44. The number of nitrogens with one attached hydrogen (secondary N) is 2. The number of ether oxygens (including phenoxy) is 1. The maximum Gasteiger partial charge on any atom is 0.407 e.